The van der Waals surface area contributed by atoms with Crippen LogP contribution < -0.4 is 4.90 Å². The molecule has 0 aromatic carbocycles. The lowest BCUT2D eigenvalue weighted by molar-refractivity contribution is -0.109. The Morgan fingerprint density at radius 1 is 1.55 bits per heavy atom. The highest BCUT2D eigenvalue weighted by molar-refractivity contribution is 8.13. The van der Waals surface area contributed by atoms with Crippen LogP contribution in [0.4, 0.5) is 5.13 Å². The molecule has 0 aliphatic carbocycles. The summed E-state index contributed by atoms with van der Waals surface area (Å²) in [4.78, 5) is 17.3. The van der Waals surface area contributed by atoms with Gasteiger partial charge in [-0.2, -0.15) is 0 Å². The molecule has 1 fully saturated rings. The Kier molecular flexibility index (Phi) is 5.79. The van der Waals surface area contributed by atoms with E-state index in [0.29, 0.717) is 18.9 Å². The van der Waals surface area contributed by atoms with Crippen LogP contribution in [0.15, 0.2) is 5.38 Å². The fraction of sp³-hybridized carbons (Fsp3) is 0.667. The van der Waals surface area contributed by atoms with Gasteiger partial charge in [-0.3, -0.25) is 4.79 Å². The maximum Gasteiger partial charge on any atom is 0.185 e. The van der Waals surface area contributed by atoms with Crippen molar-refractivity contribution in [1.82, 2.24) is 4.98 Å². The Hall–Kier alpha value is -0.670. The fourth-order valence-electron chi connectivity index (χ4n) is 1.80. The summed E-state index contributed by atoms with van der Waals surface area (Å²) in [6.45, 7) is 4.35. The number of rotatable bonds is 5. The van der Waals surface area contributed by atoms with Crippen LogP contribution in [-0.4, -0.2) is 58.5 Å². The summed E-state index contributed by atoms with van der Waals surface area (Å²) >= 11 is 2.44. The molecule has 1 saturated heterocycles. The smallest absolute Gasteiger partial charge is 0.185 e. The maximum absolute atomic E-state index is 10.9. The minimum absolute atomic E-state index is 0.0801. The zero-order valence-electron chi connectivity index (χ0n) is 11.2. The molecule has 112 valence electrons. The summed E-state index contributed by atoms with van der Waals surface area (Å²) in [6.07, 6.45) is -2.06. The van der Waals surface area contributed by atoms with Gasteiger partial charge in [0.1, 0.15) is 6.10 Å². The Morgan fingerprint density at radius 3 is 2.90 bits per heavy atom. The standard InChI is InChI=1S/C12H18N2O4S2/c1-8(15)19-7-10(16)11(17)9-6-20-12(13-9)14-2-4-18-5-3-14/h6,10-11,16-17H,2-5,7H2,1H3. The van der Waals surface area contributed by atoms with Crippen LogP contribution in [0.3, 0.4) is 0 Å². The van der Waals surface area contributed by atoms with Gasteiger partial charge in [0.2, 0.25) is 0 Å². The van der Waals surface area contributed by atoms with Crippen molar-refractivity contribution < 1.29 is 19.7 Å². The highest BCUT2D eigenvalue weighted by Crippen LogP contribution is 2.27. The first kappa shape index (κ1) is 15.7. The van der Waals surface area contributed by atoms with E-state index in [0.717, 1.165) is 30.0 Å². The molecule has 2 N–H and O–H groups in total. The second-order valence-corrected chi connectivity index (χ2v) is 6.50. The van der Waals surface area contributed by atoms with Gasteiger partial charge in [0.05, 0.1) is 25.0 Å². The van der Waals surface area contributed by atoms with Gasteiger partial charge in [0.15, 0.2) is 10.2 Å². The number of aliphatic hydroxyl groups is 2. The van der Waals surface area contributed by atoms with E-state index in [1.807, 2.05) is 0 Å². The summed E-state index contributed by atoms with van der Waals surface area (Å²) in [7, 11) is 0. The van der Waals surface area contributed by atoms with Crippen LogP contribution in [0.2, 0.25) is 0 Å². The van der Waals surface area contributed by atoms with E-state index in [1.165, 1.54) is 18.3 Å². The van der Waals surface area contributed by atoms with Crippen molar-refractivity contribution in [1.29, 1.82) is 0 Å². The molecule has 2 heterocycles. The van der Waals surface area contributed by atoms with Crippen molar-refractivity contribution >= 4 is 33.3 Å². The van der Waals surface area contributed by atoms with E-state index >= 15 is 0 Å². The van der Waals surface area contributed by atoms with E-state index in [4.69, 9.17) is 4.74 Å². The number of hydrogen-bond donors (Lipinski definition) is 2. The van der Waals surface area contributed by atoms with Crippen molar-refractivity contribution in [3.63, 3.8) is 0 Å². The predicted molar refractivity (Wildman–Crippen MR) is 79.3 cm³/mol. The zero-order chi connectivity index (χ0) is 14.5. The monoisotopic (exact) mass is 318 g/mol. The van der Waals surface area contributed by atoms with Crippen molar-refractivity contribution in [3.05, 3.63) is 11.1 Å². The molecule has 0 spiro atoms. The largest absolute Gasteiger partial charge is 0.389 e. The summed E-state index contributed by atoms with van der Waals surface area (Å²) in [5, 5.41) is 22.4. The second-order valence-electron chi connectivity index (χ2n) is 4.47. The van der Waals surface area contributed by atoms with Gasteiger partial charge in [-0.25, -0.2) is 4.98 Å². The number of nitrogens with zero attached hydrogens (tertiary/aromatic N) is 2. The molecule has 2 atom stereocenters. The number of aromatic nitrogens is 1. The SMILES string of the molecule is CC(=O)SCC(O)C(O)c1csc(N2CCOCC2)n1. The Morgan fingerprint density at radius 2 is 2.25 bits per heavy atom. The topological polar surface area (TPSA) is 82.9 Å². The molecule has 8 heteroatoms. The highest BCUT2D eigenvalue weighted by Gasteiger charge is 2.23. The van der Waals surface area contributed by atoms with Crippen LogP contribution in [0.5, 0.6) is 0 Å². The lowest BCUT2D eigenvalue weighted by Gasteiger charge is -2.26. The second kappa shape index (κ2) is 7.37. The van der Waals surface area contributed by atoms with Crippen LogP contribution >= 0.6 is 23.1 Å². The molecule has 1 aliphatic rings. The van der Waals surface area contributed by atoms with E-state index in [1.54, 1.807) is 5.38 Å². The van der Waals surface area contributed by atoms with Gasteiger partial charge in [0, 0.05) is 31.1 Å². The van der Waals surface area contributed by atoms with Gasteiger partial charge in [-0.05, 0) is 0 Å². The number of aliphatic hydroxyl groups excluding tert-OH is 2. The summed E-state index contributed by atoms with van der Waals surface area (Å²) in [5.74, 6) is 0.168. The van der Waals surface area contributed by atoms with Crippen molar-refractivity contribution in [3.8, 4) is 0 Å². The third kappa shape index (κ3) is 4.16. The first-order valence-electron chi connectivity index (χ1n) is 6.35. The molecule has 0 radical (unpaired) electrons. The molecule has 1 aromatic rings. The third-order valence-electron chi connectivity index (χ3n) is 2.92. The van der Waals surface area contributed by atoms with Gasteiger partial charge in [-0.15, -0.1) is 11.3 Å². The van der Waals surface area contributed by atoms with E-state index in [2.05, 4.69) is 9.88 Å². The average Bonchev–Trinajstić information content (AvgIpc) is 2.94. The van der Waals surface area contributed by atoms with E-state index in [9.17, 15) is 15.0 Å². The molecular formula is C12H18N2O4S2. The summed E-state index contributed by atoms with van der Waals surface area (Å²) in [6, 6.07) is 0. The normalized spacial score (nSPS) is 18.9. The van der Waals surface area contributed by atoms with Gasteiger partial charge < -0.3 is 19.8 Å². The summed E-state index contributed by atoms with van der Waals surface area (Å²) in [5.41, 5.74) is 0.452. The molecule has 0 bridgehead atoms. The van der Waals surface area contributed by atoms with Crippen LogP contribution in [0, 0.1) is 0 Å². The number of hydrogen-bond acceptors (Lipinski definition) is 8. The Bertz CT molecular complexity index is 448. The number of carbonyl (C=O) groups excluding carboxylic acids is 1. The number of thiazole rings is 1. The quantitative estimate of drug-likeness (QED) is 0.825. The highest BCUT2D eigenvalue weighted by atomic mass is 32.2. The Labute approximate surface area is 125 Å². The zero-order valence-corrected chi connectivity index (χ0v) is 12.8. The van der Waals surface area contributed by atoms with Gasteiger partial charge in [-0.1, -0.05) is 11.8 Å². The number of thioether (sulfide) groups is 1. The van der Waals surface area contributed by atoms with Gasteiger partial charge in [0.25, 0.3) is 0 Å². The van der Waals surface area contributed by atoms with Gasteiger partial charge >= 0.3 is 0 Å². The first-order valence-corrected chi connectivity index (χ1v) is 8.22. The minimum Gasteiger partial charge on any atom is -0.389 e. The molecule has 6 nitrogen and oxygen atoms in total. The number of anilines is 1. The molecule has 0 saturated carbocycles. The third-order valence-corrected chi connectivity index (χ3v) is 4.75. The average molecular weight is 318 g/mol. The summed E-state index contributed by atoms with van der Waals surface area (Å²) < 4.78 is 5.28. The number of morpholine rings is 1. The molecule has 1 aliphatic heterocycles. The van der Waals surface area contributed by atoms with Crippen LogP contribution in [0.25, 0.3) is 0 Å². The number of carbonyl (C=O) groups is 1. The van der Waals surface area contributed by atoms with Crippen molar-refractivity contribution in [2.45, 2.75) is 19.1 Å². The molecule has 2 unspecified atom stereocenters. The molecule has 0 amide bonds. The Balaban J connectivity index is 1.94. The molecule has 1 aromatic heterocycles. The lowest BCUT2D eigenvalue weighted by Crippen LogP contribution is -2.36. The molecule has 20 heavy (non-hydrogen) atoms. The first-order chi connectivity index (χ1) is 9.58. The molecular weight excluding hydrogens is 300 g/mol. The van der Waals surface area contributed by atoms with E-state index in [-0.39, 0.29) is 10.9 Å². The lowest BCUT2D eigenvalue weighted by atomic mass is 10.2. The van der Waals surface area contributed by atoms with Crippen molar-refractivity contribution in [2.75, 3.05) is 37.0 Å². The van der Waals surface area contributed by atoms with Crippen LogP contribution in [0.1, 0.15) is 18.7 Å². The predicted octanol–water partition coefficient (Wildman–Crippen LogP) is 0.654. The fourth-order valence-corrected chi connectivity index (χ4v) is 3.30. The van der Waals surface area contributed by atoms with Crippen molar-refractivity contribution in [2.24, 2.45) is 0 Å². The minimum atomic E-state index is -1.06. The van der Waals surface area contributed by atoms with E-state index < -0.39 is 12.2 Å². The maximum atomic E-state index is 10.9. The molecule has 2 rings (SSSR count). The number of ether oxygens (including phenoxy) is 1. The van der Waals surface area contributed by atoms with Crippen LogP contribution in [-0.2, 0) is 9.53 Å².